The number of carbonyl (C=O) groups is 1. The summed E-state index contributed by atoms with van der Waals surface area (Å²) in [5, 5.41) is 2.90. The van der Waals surface area contributed by atoms with E-state index in [0.717, 1.165) is 15.6 Å². The van der Waals surface area contributed by atoms with Crippen molar-refractivity contribution in [1.29, 1.82) is 0 Å². The van der Waals surface area contributed by atoms with Crippen molar-refractivity contribution in [3.05, 3.63) is 82.3 Å². The van der Waals surface area contributed by atoms with Crippen LogP contribution in [0.1, 0.15) is 15.9 Å². The van der Waals surface area contributed by atoms with Gasteiger partial charge in [-0.05, 0) is 55.0 Å². The standard InChI is InChI=1S/C21H15BrN2O2/c1-13-5-2-3-8-17(13)21-24-18-12-16(9-10-19(18)26-21)23-20(25)14-6-4-7-15(22)11-14/h2-12H,1H3,(H,23,25). The lowest BCUT2D eigenvalue weighted by Gasteiger charge is -2.05. The van der Waals surface area contributed by atoms with E-state index in [-0.39, 0.29) is 5.91 Å². The van der Waals surface area contributed by atoms with Gasteiger partial charge in [-0.1, -0.05) is 40.2 Å². The number of nitrogens with zero attached hydrogens (tertiary/aromatic N) is 1. The van der Waals surface area contributed by atoms with E-state index in [1.54, 1.807) is 12.1 Å². The normalized spacial score (nSPS) is 10.8. The molecule has 0 fully saturated rings. The number of nitrogens with one attached hydrogen (secondary N) is 1. The summed E-state index contributed by atoms with van der Waals surface area (Å²) in [6, 6.07) is 20.6. The summed E-state index contributed by atoms with van der Waals surface area (Å²) in [7, 11) is 0. The van der Waals surface area contributed by atoms with Crippen molar-refractivity contribution in [1.82, 2.24) is 4.98 Å². The molecule has 4 nitrogen and oxygen atoms in total. The summed E-state index contributed by atoms with van der Waals surface area (Å²) < 4.78 is 6.73. The van der Waals surface area contributed by atoms with Gasteiger partial charge in [0.1, 0.15) is 5.52 Å². The fraction of sp³-hybridized carbons (Fsp3) is 0.0476. The zero-order chi connectivity index (χ0) is 18.1. The van der Waals surface area contributed by atoms with E-state index in [9.17, 15) is 4.79 Å². The van der Waals surface area contributed by atoms with Crippen molar-refractivity contribution in [2.24, 2.45) is 0 Å². The number of amides is 1. The number of aryl methyl sites for hydroxylation is 1. The van der Waals surface area contributed by atoms with E-state index < -0.39 is 0 Å². The van der Waals surface area contributed by atoms with Gasteiger partial charge in [-0.3, -0.25) is 4.79 Å². The van der Waals surface area contributed by atoms with Crippen molar-refractivity contribution in [3.8, 4) is 11.5 Å². The molecule has 0 aliphatic carbocycles. The Labute approximate surface area is 159 Å². The average molecular weight is 407 g/mol. The molecule has 0 aliphatic rings. The highest BCUT2D eigenvalue weighted by Gasteiger charge is 2.12. The first-order valence-corrected chi connectivity index (χ1v) is 8.93. The molecule has 128 valence electrons. The van der Waals surface area contributed by atoms with Crippen molar-refractivity contribution >= 4 is 38.6 Å². The first-order chi connectivity index (χ1) is 12.6. The van der Waals surface area contributed by atoms with Gasteiger partial charge in [-0.25, -0.2) is 4.98 Å². The molecule has 4 rings (SSSR count). The molecule has 3 aromatic carbocycles. The van der Waals surface area contributed by atoms with Crippen LogP contribution in [0.2, 0.25) is 0 Å². The Balaban J connectivity index is 1.64. The van der Waals surface area contributed by atoms with Gasteiger partial charge < -0.3 is 9.73 Å². The topological polar surface area (TPSA) is 55.1 Å². The lowest BCUT2D eigenvalue weighted by atomic mass is 10.1. The first-order valence-electron chi connectivity index (χ1n) is 8.14. The summed E-state index contributed by atoms with van der Waals surface area (Å²) in [6.45, 7) is 2.02. The van der Waals surface area contributed by atoms with Gasteiger partial charge in [0.25, 0.3) is 5.91 Å². The molecule has 0 aliphatic heterocycles. The Morgan fingerprint density at radius 2 is 1.88 bits per heavy atom. The van der Waals surface area contributed by atoms with E-state index in [1.807, 2.05) is 61.5 Å². The second-order valence-corrected chi connectivity index (χ2v) is 6.90. The van der Waals surface area contributed by atoms with Crippen LogP contribution < -0.4 is 5.32 Å². The molecule has 4 aromatic rings. The number of hydrogen-bond donors (Lipinski definition) is 1. The molecule has 1 aromatic heterocycles. The molecular formula is C21H15BrN2O2. The third-order valence-electron chi connectivity index (χ3n) is 4.11. The molecule has 0 saturated carbocycles. The molecule has 26 heavy (non-hydrogen) atoms. The molecule has 0 saturated heterocycles. The SMILES string of the molecule is Cc1ccccc1-c1nc2cc(NC(=O)c3cccc(Br)c3)ccc2o1. The molecule has 0 bridgehead atoms. The Hall–Kier alpha value is -2.92. The Kier molecular flexibility index (Phi) is 4.31. The van der Waals surface area contributed by atoms with Crippen molar-refractivity contribution < 1.29 is 9.21 Å². The molecule has 0 unspecified atom stereocenters. The van der Waals surface area contributed by atoms with Gasteiger partial charge in [0, 0.05) is 21.3 Å². The molecular weight excluding hydrogens is 392 g/mol. The largest absolute Gasteiger partial charge is 0.436 e. The summed E-state index contributed by atoms with van der Waals surface area (Å²) in [5.41, 5.74) is 4.71. The lowest BCUT2D eigenvalue weighted by molar-refractivity contribution is 0.102. The van der Waals surface area contributed by atoms with Crippen molar-refractivity contribution in [2.45, 2.75) is 6.92 Å². The number of benzene rings is 3. The van der Waals surface area contributed by atoms with E-state index >= 15 is 0 Å². The molecule has 0 radical (unpaired) electrons. The van der Waals surface area contributed by atoms with Crippen molar-refractivity contribution in [3.63, 3.8) is 0 Å². The van der Waals surface area contributed by atoms with Crippen LogP contribution in [0, 0.1) is 6.92 Å². The van der Waals surface area contributed by atoms with Crippen molar-refractivity contribution in [2.75, 3.05) is 5.32 Å². The lowest BCUT2D eigenvalue weighted by Crippen LogP contribution is -2.11. The third kappa shape index (κ3) is 3.26. The predicted octanol–water partition coefficient (Wildman–Crippen LogP) is 5.82. The molecule has 1 heterocycles. The van der Waals surface area contributed by atoms with Crippen LogP contribution in [-0.2, 0) is 0 Å². The number of anilines is 1. The fourth-order valence-electron chi connectivity index (χ4n) is 2.77. The minimum Gasteiger partial charge on any atom is -0.436 e. The quantitative estimate of drug-likeness (QED) is 0.466. The van der Waals surface area contributed by atoms with E-state index in [1.165, 1.54) is 0 Å². The minimum atomic E-state index is -0.173. The van der Waals surface area contributed by atoms with Gasteiger partial charge in [0.2, 0.25) is 5.89 Å². The number of rotatable bonds is 3. The van der Waals surface area contributed by atoms with Crippen LogP contribution in [0.25, 0.3) is 22.6 Å². The van der Waals surface area contributed by atoms with E-state index in [2.05, 4.69) is 26.2 Å². The maximum Gasteiger partial charge on any atom is 0.255 e. The summed E-state index contributed by atoms with van der Waals surface area (Å²) in [4.78, 5) is 17.0. The number of carbonyl (C=O) groups excluding carboxylic acids is 1. The molecule has 0 atom stereocenters. The fourth-order valence-corrected chi connectivity index (χ4v) is 3.17. The number of oxazole rings is 1. The highest BCUT2D eigenvalue weighted by molar-refractivity contribution is 9.10. The number of hydrogen-bond acceptors (Lipinski definition) is 3. The maximum absolute atomic E-state index is 12.4. The monoisotopic (exact) mass is 406 g/mol. The van der Waals surface area contributed by atoms with Gasteiger partial charge in [-0.15, -0.1) is 0 Å². The molecule has 0 spiro atoms. The number of fused-ring (bicyclic) bond motifs is 1. The zero-order valence-electron chi connectivity index (χ0n) is 14.0. The second-order valence-electron chi connectivity index (χ2n) is 5.98. The first kappa shape index (κ1) is 16.5. The minimum absolute atomic E-state index is 0.173. The molecule has 1 N–H and O–H groups in total. The Morgan fingerprint density at radius 1 is 1.04 bits per heavy atom. The molecule has 1 amide bonds. The Morgan fingerprint density at radius 3 is 2.69 bits per heavy atom. The van der Waals surface area contributed by atoms with E-state index in [4.69, 9.17) is 4.42 Å². The van der Waals surface area contributed by atoms with Crippen LogP contribution in [0.5, 0.6) is 0 Å². The zero-order valence-corrected chi connectivity index (χ0v) is 15.6. The Bertz CT molecular complexity index is 1120. The predicted molar refractivity (Wildman–Crippen MR) is 106 cm³/mol. The van der Waals surface area contributed by atoms with Crippen LogP contribution >= 0.6 is 15.9 Å². The summed E-state index contributed by atoms with van der Waals surface area (Å²) >= 11 is 3.38. The third-order valence-corrected chi connectivity index (χ3v) is 4.60. The summed E-state index contributed by atoms with van der Waals surface area (Å²) in [6.07, 6.45) is 0. The maximum atomic E-state index is 12.4. The average Bonchev–Trinajstić information content (AvgIpc) is 3.05. The highest BCUT2D eigenvalue weighted by atomic mass is 79.9. The molecule has 5 heteroatoms. The van der Waals surface area contributed by atoms with E-state index in [0.29, 0.717) is 28.2 Å². The van der Waals surface area contributed by atoms with Crippen LogP contribution in [-0.4, -0.2) is 10.9 Å². The van der Waals surface area contributed by atoms with Gasteiger partial charge >= 0.3 is 0 Å². The van der Waals surface area contributed by atoms with Crippen LogP contribution in [0.4, 0.5) is 5.69 Å². The van der Waals surface area contributed by atoms with Crippen LogP contribution in [0.3, 0.4) is 0 Å². The van der Waals surface area contributed by atoms with Gasteiger partial charge in [-0.2, -0.15) is 0 Å². The van der Waals surface area contributed by atoms with Crippen LogP contribution in [0.15, 0.2) is 75.6 Å². The number of halogens is 1. The smallest absolute Gasteiger partial charge is 0.255 e. The second kappa shape index (κ2) is 6.77. The number of aromatic nitrogens is 1. The van der Waals surface area contributed by atoms with Gasteiger partial charge in [0.05, 0.1) is 0 Å². The summed E-state index contributed by atoms with van der Waals surface area (Å²) in [5.74, 6) is 0.404. The van der Waals surface area contributed by atoms with Gasteiger partial charge in [0.15, 0.2) is 5.58 Å². The highest BCUT2D eigenvalue weighted by Crippen LogP contribution is 2.28.